The molecule has 0 aromatic carbocycles. The molecule has 22 heavy (non-hydrogen) atoms. The quantitative estimate of drug-likeness (QED) is 0.837. The first-order chi connectivity index (χ1) is 10.7. The highest BCUT2D eigenvalue weighted by atomic mass is 32.1. The normalized spacial score (nSPS) is 21.9. The molecule has 120 valence electrons. The zero-order chi connectivity index (χ0) is 15.4. The van der Waals surface area contributed by atoms with Crippen molar-refractivity contribution in [3.05, 3.63) is 24.2 Å². The van der Waals surface area contributed by atoms with Crippen LogP contribution in [0.15, 0.2) is 22.8 Å². The number of thiocarbonyl (C=S) groups is 1. The summed E-state index contributed by atoms with van der Waals surface area (Å²) in [7, 11) is 0. The summed E-state index contributed by atoms with van der Waals surface area (Å²) < 4.78 is 10.7. The van der Waals surface area contributed by atoms with Crippen molar-refractivity contribution in [2.45, 2.75) is 25.5 Å². The van der Waals surface area contributed by atoms with Gasteiger partial charge >= 0.3 is 0 Å². The van der Waals surface area contributed by atoms with Crippen LogP contribution in [0.5, 0.6) is 0 Å². The summed E-state index contributed by atoms with van der Waals surface area (Å²) in [5, 5.41) is 3.90. The molecule has 3 heterocycles. The van der Waals surface area contributed by atoms with E-state index in [1.807, 2.05) is 17.0 Å². The minimum Gasteiger partial charge on any atom is -0.467 e. The van der Waals surface area contributed by atoms with E-state index in [4.69, 9.17) is 21.4 Å². The zero-order valence-electron chi connectivity index (χ0n) is 12.5. The minimum absolute atomic E-state index is 0.131. The van der Waals surface area contributed by atoms with Gasteiger partial charge in [-0.1, -0.05) is 0 Å². The van der Waals surface area contributed by atoms with Crippen LogP contribution in [0.1, 0.15) is 18.6 Å². The number of piperazine rings is 1. The molecule has 1 atom stereocenters. The highest BCUT2D eigenvalue weighted by molar-refractivity contribution is 7.80. The van der Waals surface area contributed by atoms with Crippen LogP contribution in [0.25, 0.3) is 0 Å². The van der Waals surface area contributed by atoms with Crippen LogP contribution >= 0.6 is 12.2 Å². The predicted octanol–water partition coefficient (Wildman–Crippen LogP) is 0.977. The third-order valence-corrected chi connectivity index (χ3v) is 4.48. The van der Waals surface area contributed by atoms with E-state index in [0.29, 0.717) is 31.4 Å². The van der Waals surface area contributed by atoms with Crippen molar-refractivity contribution >= 4 is 23.2 Å². The molecule has 1 aromatic rings. The topological polar surface area (TPSA) is 58.0 Å². The number of amides is 1. The second-order valence-corrected chi connectivity index (χ2v) is 5.94. The monoisotopic (exact) mass is 323 g/mol. The van der Waals surface area contributed by atoms with Crippen molar-refractivity contribution in [1.29, 1.82) is 0 Å². The smallest absolute Gasteiger partial charge is 0.251 e. The summed E-state index contributed by atoms with van der Waals surface area (Å²) >= 11 is 5.40. The van der Waals surface area contributed by atoms with Crippen LogP contribution in [0.2, 0.25) is 0 Å². The fraction of sp³-hybridized carbons (Fsp3) is 0.600. The molecule has 0 unspecified atom stereocenters. The van der Waals surface area contributed by atoms with Gasteiger partial charge in [0.15, 0.2) is 5.11 Å². The van der Waals surface area contributed by atoms with Crippen molar-refractivity contribution in [2.75, 3.05) is 32.8 Å². The lowest BCUT2D eigenvalue weighted by molar-refractivity contribution is -0.142. The third-order valence-electron chi connectivity index (χ3n) is 4.08. The molecule has 3 rings (SSSR count). The molecule has 2 aliphatic heterocycles. The number of nitrogens with one attached hydrogen (secondary N) is 1. The Labute approximate surface area is 135 Å². The molecule has 0 saturated carbocycles. The maximum atomic E-state index is 12.3. The molecule has 1 amide bonds. The van der Waals surface area contributed by atoms with Crippen LogP contribution in [0.3, 0.4) is 0 Å². The van der Waals surface area contributed by atoms with Gasteiger partial charge < -0.3 is 24.3 Å². The first-order valence-corrected chi connectivity index (χ1v) is 8.10. The van der Waals surface area contributed by atoms with Crippen LogP contribution in [-0.4, -0.2) is 59.7 Å². The predicted molar refractivity (Wildman–Crippen MR) is 85.3 cm³/mol. The fourth-order valence-corrected chi connectivity index (χ4v) is 3.05. The Kier molecular flexibility index (Phi) is 4.94. The Bertz CT molecular complexity index is 506. The molecule has 0 radical (unpaired) electrons. The standard InChI is InChI=1S/C15H21N3O3S/c19-14(13-4-2-10-21-13)17-5-7-18(8-6-17)15(22)16-11-12-3-1-9-20-12/h1,3,9,13H,2,4-8,10-11H2,(H,16,22)/t13-/m1/s1. The van der Waals surface area contributed by atoms with Gasteiger partial charge in [-0.15, -0.1) is 0 Å². The second kappa shape index (κ2) is 7.11. The van der Waals surface area contributed by atoms with E-state index in [9.17, 15) is 4.79 Å². The van der Waals surface area contributed by atoms with Crippen molar-refractivity contribution < 1.29 is 13.9 Å². The van der Waals surface area contributed by atoms with Crippen LogP contribution < -0.4 is 5.32 Å². The van der Waals surface area contributed by atoms with E-state index in [1.165, 1.54) is 0 Å². The van der Waals surface area contributed by atoms with Gasteiger partial charge in [-0.2, -0.15) is 0 Å². The summed E-state index contributed by atoms with van der Waals surface area (Å²) in [5.41, 5.74) is 0. The van der Waals surface area contributed by atoms with E-state index in [1.54, 1.807) is 6.26 Å². The Morgan fingerprint density at radius 2 is 2.09 bits per heavy atom. The summed E-state index contributed by atoms with van der Waals surface area (Å²) in [5.74, 6) is 0.987. The summed E-state index contributed by atoms with van der Waals surface area (Å²) in [6.45, 7) is 4.19. The molecule has 2 saturated heterocycles. The van der Waals surface area contributed by atoms with Crippen molar-refractivity contribution in [3.8, 4) is 0 Å². The molecular weight excluding hydrogens is 302 g/mol. The van der Waals surface area contributed by atoms with Gasteiger partial charge in [0.05, 0.1) is 12.8 Å². The molecule has 1 aromatic heterocycles. The van der Waals surface area contributed by atoms with E-state index < -0.39 is 0 Å². The van der Waals surface area contributed by atoms with Crippen LogP contribution in [0.4, 0.5) is 0 Å². The molecule has 0 bridgehead atoms. The molecule has 7 heteroatoms. The Morgan fingerprint density at radius 1 is 1.32 bits per heavy atom. The van der Waals surface area contributed by atoms with E-state index in [0.717, 1.165) is 31.7 Å². The van der Waals surface area contributed by atoms with Crippen molar-refractivity contribution in [2.24, 2.45) is 0 Å². The molecule has 2 aliphatic rings. The molecule has 1 N–H and O–H groups in total. The summed E-state index contributed by atoms with van der Waals surface area (Å²) in [6.07, 6.45) is 3.25. The number of hydrogen-bond acceptors (Lipinski definition) is 4. The zero-order valence-corrected chi connectivity index (χ0v) is 13.3. The SMILES string of the molecule is O=C([C@H]1CCCO1)N1CCN(C(=S)NCc2ccco2)CC1. The van der Waals surface area contributed by atoms with E-state index in [-0.39, 0.29) is 12.0 Å². The highest BCUT2D eigenvalue weighted by Crippen LogP contribution is 2.16. The average Bonchev–Trinajstić information content (AvgIpc) is 3.25. The number of rotatable bonds is 3. The molecule has 6 nitrogen and oxygen atoms in total. The molecule has 0 aliphatic carbocycles. The van der Waals surface area contributed by atoms with Gasteiger partial charge in [0, 0.05) is 32.8 Å². The van der Waals surface area contributed by atoms with E-state index in [2.05, 4.69) is 10.2 Å². The largest absolute Gasteiger partial charge is 0.467 e. The Hall–Kier alpha value is -1.60. The number of hydrogen-bond donors (Lipinski definition) is 1. The lowest BCUT2D eigenvalue weighted by Crippen LogP contribution is -2.54. The average molecular weight is 323 g/mol. The lowest BCUT2D eigenvalue weighted by Gasteiger charge is -2.37. The van der Waals surface area contributed by atoms with Gasteiger partial charge in [0.1, 0.15) is 11.9 Å². The number of ether oxygens (including phenoxy) is 1. The second-order valence-electron chi connectivity index (χ2n) is 5.55. The summed E-state index contributed by atoms with van der Waals surface area (Å²) in [6, 6.07) is 3.77. The first-order valence-electron chi connectivity index (χ1n) is 7.69. The number of nitrogens with zero attached hydrogens (tertiary/aromatic N) is 2. The number of furan rings is 1. The third kappa shape index (κ3) is 3.59. The van der Waals surface area contributed by atoms with Crippen LogP contribution in [-0.2, 0) is 16.1 Å². The van der Waals surface area contributed by atoms with Gasteiger partial charge in [-0.3, -0.25) is 4.79 Å². The van der Waals surface area contributed by atoms with E-state index >= 15 is 0 Å². The highest BCUT2D eigenvalue weighted by Gasteiger charge is 2.30. The Morgan fingerprint density at radius 3 is 2.73 bits per heavy atom. The Balaban J connectivity index is 1.42. The molecular formula is C15H21N3O3S. The maximum absolute atomic E-state index is 12.3. The van der Waals surface area contributed by atoms with Gasteiger partial charge in [-0.25, -0.2) is 0 Å². The number of carbonyl (C=O) groups excluding carboxylic acids is 1. The maximum Gasteiger partial charge on any atom is 0.251 e. The lowest BCUT2D eigenvalue weighted by atomic mass is 10.2. The molecule has 2 fully saturated rings. The van der Waals surface area contributed by atoms with Gasteiger partial charge in [0.25, 0.3) is 5.91 Å². The molecule has 0 spiro atoms. The van der Waals surface area contributed by atoms with Crippen molar-refractivity contribution in [1.82, 2.24) is 15.1 Å². The summed E-state index contributed by atoms with van der Waals surface area (Å²) in [4.78, 5) is 16.3. The van der Waals surface area contributed by atoms with Gasteiger partial charge in [-0.05, 0) is 37.2 Å². The van der Waals surface area contributed by atoms with Crippen molar-refractivity contribution in [3.63, 3.8) is 0 Å². The number of carbonyl (C=O) groups is 1. The van der Waals surface area contributed by atoms with Gasteiger partial charge in [0.2, 0.25) is 0 Å². The minimum atomic E-state index is -0.226. The fourth-order valence-electron chi connectivity index (χ4n) is 2.79. The van der Waals surface area contributed by atoms with Crippen LogP contribution in [0, 0.1) is 0 Å². The first kappa shape index (κ1) is 15.3.